The van der Waals surface area contributed by atoms with Gasteiger partial charge in [-0.15, -0.1) is 0 Å². The molecule has 0 radical (unpaired) electrons. The summed E-state index contributed by atoms with van der Waals surface area (Å²) in [4.78, 5) is 27.8. The number of H-pyrrole nitrogens is 1. The highest BCUT2D eigenvalue weighted by Gasteiger charge is 2.34. The molecule has 4 rings (SSSR count). The van der Waals surface area contributed by atoms with Crippen LogP contribution in [0, 0.1) is 11.6 Å². The molecule has 2 fully saturated rings. The zero-order valence-corrected chi connectivity index (χ0v) is 18.9. The average molecular weight is 482 g/mol. The molecule has 0 spiro atoms. The van der Waals surface area contributed by atoms with Gasteiger partial charge in [0.25, 0.3) is 0 Å². The van der Waals surface area contributed by atoms with E-state index in [0.717, 1.165) is 17.8 Å². The number of thiocarbonyl (C=S) groups is 1. The lowest BCUT2D eigenvalue weighted by molar-refractivity contribution is -0.155. The number of carbonyl (C=O) groups excluding carboxylic acids is 1. The smallest absolute Gasteiger partial charge is 0.414 e. The number of nitrogens with one attached hydrogen (secondary N) is 1. The molecule has 1 atom stereocenters. The first-order valence-corrected chi connectivity index (χ1v) is 11.0. The Balaban J connectivity index is 1.42. The van der Waals surface area contributed by atoms with Crippen LogP contribution in [-0.4, -0.2) is 72.2 Å². The van der Waals surface area contributed by atoms with Crippen molar-refractivity contribution in [1.82, 2.24) is 15.0 Å². The Labute approximate surface area is 195 Å². The molecule has 2 aliphatic heterocycles. The lowest BCUT2D eigenvalue weighted by atomic mass is 10.2. The van der Waals surface area contributed by atoms with Gasteiger partial charge in [0.05, 0.1) is 44.5 Å². The second-order valence-electron chi connectivity index (χ2n) is 7.75. The van der Waals surface area contributed by atoms with Crippen LogP contribution in [0.3, 0.4) is 0 Å². The molecule has 2 aliphatic rings. The minimum atomic E-state index is -0.746. The normalized spacial score (nSPS) is 19.5. The molecular formula is C21H25F2N5O4S. The molecule has 0 unspecified atom stereocenters. The number of aromatic amines is 1. The van der Waals surface area contributed by atoms with Crippen LogP contribution in [0.5, 0.6) is 0 Å². The van der Waals surface area contributed by atoms with Gasteiger partial charge >= 0.3 is 6.09 Å². The number of ether oxygens (including phenoxy) is 2. The van der Waals surface area contributed by atoms with Gasteiger partial charge in [0.15, 0.2) is 16.7 Å². The Bertz CT molecular complexity index is 970. The van der Waals surface area contributed by atoms with E-state index in [1.807, 2.05) is 0 Å². The molecule has 12 heteroatoms. The van der Waals surface area contributed by atoms with Gasteiger partial charge in [-0.05, 0) is 18.6 Å². The number of anilines is 2. The van der Waals surface area contributed by atoms with Gasteiger partial charge in [-0.1, -0.05) is 0 Å². The summed E-state index contributed by atoms with van der Waals surface area (Å²) in [7, 11) is 1.48. The predicted octanol–water partition coefficient (Wildman–Crippen LogP) is 3.02. The van der Waals surface area contributed by atoms with Crippen LogP contribution in [0.4, 0.5) is 25.0 Å². The lowest BCUT2D eigenvalue weighted by Gasteiger charge is -2.24. The zero-order chi connectivity index (χ0) is 23.4. The number of hydroxylamine groups is 2. The van der Waals surface area contributed by atoms with Crippen molar-refractivity contribution in [2.24, 2.45) is 0 Å². The molecule has 9 nitrogen and oxygen atoms in total. The third-order valence-electron chi connectivity index (χ3n) is 5.56. The summed E-state index contributed by atoms with van der Waals surface area (Å²) < 4.78 is 40.3. The van der Waals surface area contributed by atoms with Crippen molar-refractivity contribution < 1.29 is 27.9 Å². The molecule has 2 aromatic rings. The SMILES string of the molecule is COC(=S)CC[C@H]1CN(c2cc(F)c(N3CCON(Cc4cnc[nH]4)CC3)c(F)c2)C(=O)O1. The number of imidazole rings is 1. The highest BCUT2D eigenvalue weighted by atomic mass is 32.1. The zero-order valence-electron chi connectivity index (χ0n) is 18.1. The van der Waals surface area contributed by atoms with E-state index >= 15 is 8.78 Å². The predicted molar refractivity (Wildman–Crippen MR) is 120 cm³/mol. The van der Waals surface area contributed by atoms with E-state index in [2.05, 4.69) is 9.97 Å². The quantitative estimate of drug-likeness (QED) is 0.605. The van der Waals surface area contributed by atoms with Crippen LogP contribution >= 0.6 is 12.2 Å². The van der Waals surface area contributed by atoms with E-state index in [4.69, 9.17) is 26.5 Å². The molecule has 2 saturated heterocycles. The Morgan fingerprint density at radius 1 is 1.30 bits per heavy atom. The van der Waals surface area contributed by atoms with E-state index in [1.54, 1.807) is 22.5 Å². The van der Waals surface area contributed by atoms with Gasteiger partial charge in [0.1, 0.15) is 11.8 Å². The first-order valence-electron chi connectivity index (χ1n) is 10.6. The van der Waals surface area contributed by atoms with Gasteiger partial charge in [-0.2, -0.15) is 5.06 Å². The van der Waals surface area contributed by atoms with E-state index in [9.17, 15) is 4.79 Å². The van der Waals surface area contributed by atoms with Gasteiger partial charge in [-0.3, -0.25) is 9.74 Å². The summed E-state index contributed by atoms with van der Waals surface area (Å²) in [6, 6.07) is 2.33. The number of halogens is 2. The van der Waals surface area contributed by atoms with Crippen LogP contribution in [0.25, 0.3) is 0 Å². The number of hydrogen-bond acceptors (Lipinski definition) is 8. The number of rotatable bonds is 7. The van der Waals surface area contributed by atoms with Crippen molar-refractivity contribution >= 4 is 34.7 Å². The summed E-state index contributed by atoms with van der Waals surface area (Å²) in [5.41, 5.74) is 0.854. The molecule has 1 amide bonds. The molecule has 1 N–H and O–H groups in total. The minimum Gasteiger partial charge on any atom is -0.490 e. The molecule has 0 saturated carbocycles. The van der Waals surface area contributed by atoms with E-state index in [1.165, 1.54) is 12.0 Å². The van der Waals surface area contributed by atoms with E-state index < -0.39 is 23.8 Å². The summed E-state index contributed by atoms with van der Waals surface area (Å²) in [6.07, 6.45) is 3.13. The molecule has 178 valence electrons. The number of carbonyl (C=O) groups is 1. The van der Waals surface area contributed by atoms with E-state index in [0.29, 0.717) is 44.1 Å². The molecular weight excluding hydrogens is 456 g/mol. The minimum absolute atomic E-state index is 0.113. The van der Waals surface area contributed by atoms with Crippen LogP contribution in [0.1, 0.15) is 18.5 Å². The Hall–Kier alpha value is -2.83. The first kappa shape index (κ1) is 23.3. The second-order valence-corrected chi connectivity index (χ2v) is 8.21. The van der Waals surface area contributed by atoms with Crippen molar-refractivity contribution in [1.29, 1.82) is 0 Å². The maximum absolute atomic E-state index is 15.0. The highest BCUT2D eigenvalue weighted by molar-refractivity contribution is 7.80. The van der Waals surface area contributed by atoms with Crippen molar-refractivity contribution in [3.05, 3.63) is 42.0 Å². The summed E-state index contributed by atoms with van der Waals surface area (Å²) in [6.45, 7) is 2.09. The third kappa shape index (κ3) is 5.57. The maximum atomic E-state index is 15.0. The van der Waals surface area contributed by atoms with Gasteiger partial charge in [-0.25, -0.2) is 18.6 Å². The summed E-state index contributed by atoms with van der Waals surface area (Å²) in [5, 5.41) is 2.14. The molecule has 0 bridgehead atoms. The summed E-state index contributed by atoms with van der Waals surface area (Å²) >= 11 is 5.00. The number of benzene rings is 1. The Kier molecular flexibility index (Phi) is 7.36. The maximum Gasteiger partial charge on any atom is 0.414 e. The highest BCUT2D eigenvalue weighted by Crippen LogP contribution is 2.32. The Morgan fingerprint density at radius 2 is 2.09 bits per heavy atom. The fourth-order valence-electron chi connectivity index (χ4n) is 3.87. The topological polar surface area (TPSA) is 83.2 Å². The van der Waals surface area contributed by atoms with Crippen molar-refractivity contribution in [2.75, 3.05) is 49.7 Å². The standard InChI is InChI=1S/C21H25F2N5O4S/c1-30-19(33)3-2-16-12-28(21(29)32-16)15-8-17(22)20(18(23)9-15)26-4-5-27(31-7-6-26)11-14-10-24-13-25-14/h8-10,13,16H,2-7,11-12H2,1H3,(H,24,25)/t16-/m0/s1. The van der Waals surface area contributed by atoms with Crippen LogP contribution in [-0.2, 0) is 20.9 Å². The average Bonchev–Trinajstić information content (AvgIpc) is 3.37. The molecule has 3 heterocycles. The van der Waals surface area contributed by atoms with Gasteiger partial charge in [0, 0.05) is 44.4 Å². The van der Waals surface area contributed by atoms with Gasteiger partial charge < -0.3 is 19.4 Å². The summed E-state index contributed by atoms with van der Waals surface area (Å²) in [5.74, 6) is -1.49. The third-order valence-corrected chi connectivity index (χ3v) is 5.93. The number of nitrogens with zero attached hydrogens (tertiary/aromatic N) is 4. The monoisotopic (exact) mass is 481 g/mol. The number of cyclic esters (lactones) is 1. The van der Waals surface area contributed by atoms with Crippen molar-refractivity contribution in [3.8, 4) is 0 Å². The van der Waals surface area contributed by atoms with Crippen LogP contribution in [0.2, 0.25) is 0 Å². The number of methoxy groups -OCH3 is 1. The van der Waals surface area contributed by atoms with E-state index in [-0.39, 0.29) is 24.5 Å². The van der Waals surface area contributed by atoms with Crippen LogP contribution < -0.4 is 9.80 Å². The van der Waals surface area contributed by atoms with Gasteiger partial charge in [0.2, 0.25) is 0 Å². The molecule has 1 aromatic carbocycles. The number of aromatic nitrogens is 2. The van der Waals surface area contributed by atoms with Crippen LogP contribution in [0.15, 0.2) is 24.7 Å². The van der Waals surface area contributed by atoms with Crippen molar-refractivity contribution in [2.45, 2.75) is 25.5 Å². The number of hydrogen-bond donors (Lipinski definition) is 1. The Morgan fingerprint density at radius 3 is 2.79 bits per heavy atom. The first-order chi connectivity index (χ1) is 15.9. The fourth-order valence-corrected chi connectivity index (χ4v) is 3.99. The second kappa shape index (κ2) is 10.4. The molecule has 1 aromatic heterocycles. The lowest BCUT2D eigenvalue weighted by Crippen LogP contribution is -2.32. The number of amides is 1. The molecule has 0 aliphatic carbocycles. The van der Waals surface area contributed by atoms with Crippen molar-refractivity contribution in [3.63, 3.8) is 0 Å². The largest absolute Gasteiger partial charge is 0.490 e. The fraction of sp³-hybridized carbons (Fsp3) is 0.476. The molecule has 33 heavy (non-hydrogen) atoms.